The Morgan fingerprint density at radius 1 is 0.897 bits per heavy atom. The summed E-state index contributed by atoms with van der Waals surface area (Å²) in [5, 5.41) is 5.69. The molecule has 0 atom stereocenters. The molecular formula is C21H21Cl2N3O2S. The maximum absolute atomic E-state index is 12.6. The van der Waals surface area contributed by atoms with Crippen molar-refractivity contribution >= 4 is 49.8 Å². The van der Waals surface area contributed by atoms with Gasteiger partial charge in [-0.1, -0.05) is 29.3 Å². The molecule has 0 bridgehead atoms. The van der Waals surface area contributed by atoms with Crippen molar-refractivity contribution in [3.63, 3.8) is 0 Å². The minimum absolute atomic E-state index is 0.0787. The highest BCUT2D eigenvalue weighted by atomic mass is 35.5. The standard InChI is InChI=1S/C21H21Cl2N3O2S/c22-14-2-1-3-18(12-14)29(27,28)26-17-7-5-16(6-8-17)25-20-10-11-24-21-13-15(23)4-9-19(20)21/h1-4,9-13,16-17,26H,5-8H2,(H,24,25). The molecule has 1 heterocycles. The molecule has 0 unspecified atom stereocenters. The largest absolute Gasteiger partial charge is 0.382 e. The van der Waals surface area contributed by atoms with Crippen molar-refractivity contribution in [2.75, 3.05) is 5.32 Å². The molecular weight excluding hydrogens is 429 g/mol. The van der Waals surface area contributed by atoms with Crippen LogP contribution < -0.4 is 10.0 Å². The van der Waals surface area contributed by atoms with Gasteiger partial charge in [-0.05, 0) is 68.1 Å². The molecule has 3 aromatic rings. The fourth-order valence-corrected chi connectivity index (χ4v) is 5.52. The molecule has 1 aliphatic rings. The molecule has 0 saturated heterocycles. The lowest BCUT2D eigenvalue weighted by Gasteiger charge is -2.30. The second kappa shape index (κ2) is 8.48. The van der Waals surface area contributed by atoms with Gasteiger partial charge in [-0.15, -0.1) is 0 Å². The summed E-state index contributed by atoms with van der Waals surface area (Å²) in [4.78, 5) is 4.57. The first kappa shape index (κ1) is 20.4. The van der Waals surface area contributed by atoms with Gasteiger partial charge in [0.25, 0.3) is 0 Å². The van der Waals surface area contributed by atoms with Gasteiger partial charge in [0.2, 0.25) is 10.0 Å². The van der Waals surface area contributed by atoms with E-state index in [0.717, 1.165) is 42.3 Å². The lowest BCUT2D eigenvalue weighted by atomic mass is 9.91. The van der Waals surface area contributed by atoms with Crippen LogP contribution in [0.25, 0.3) is 10.9 Å². The van der Waals surface area contributed by atoms with Gasteiger partial charge in [0.05, 0.1) is 10.4 Å². The van der Waals surface area contributed by atoms with E-state index in [2.05, 4.69) is 15.0 Å². The van der Waals surface area contributed by atoms with Gasteiger partial charge in [-0.2, -0.15) is 0 Å². The molecule has 4 rings (SSSR count). The molecule has 1 saturated carbocycles. The van der Waals surface area contributed by atoms with Crippen LogP contribution in [-0.4, -0.2) is 25.5 Å². The van der Waals surface area contributed by atoms with Crippen molar-refractivity contribution in [2.24, 2.45) is 0 Å². The van der Waals surface area contributed by atoms with Crippen LogP contribution in [-0.2, 0) is 10.0 Å². The van der Waals surface area contributed by atoms with Crippen molar-refractivity contribution in [2.45, 2.75) is 42.7 Å². The zero-order chi connectivity index (χ0) is 20.4. The Balaban J connectivity index is 1.39. The van der Waals surface area contributed by atoms with Gasteiger partial charge in [-0.3, -0.25) is 4.98 Å². The van der Waals surface area contributed by atoms with E-state index >= 15 is 0 Å². The highest BCUT2D eigenvalue weighted by Gasteiger charge is 2.26. The Kier molecular flexibility index (Phi) is 5.97. The number of hydrogen-bond donors (Lipinski definition) is 2. The number of sulfonamides is 1. The van der Waals surface area contributed by atoms with Gasteiger partial charge in [0.1, 0.15) is 0 Å². The molecule has 1 aliphatic carbocycles. The number of benzene rings is 2. The predicted molar refractivity (Wildman–Crippen MR) is 118 cm³/mol. The molecule has 29 heavy (non-hydrogen) atoms. The minimum Gasteiger partial charge on any atom is -0.382 e. The number of nitrogens with zero attached hydrogens (tertiary/aromatic N) is 1. The normalized spacial score (nSPS) is 19.9. The summed E-state index contributed by atoms with van der Waals surface area (Å²) in [6, 6.07) is 14.2. The van der Waals surface area contributed by atoms with E-state index in [1.165, 1.54) is 6.07 Å². The van der Waals surface area contributed by atoms with E-state index in [4.69, 9.17) is 23.2 Å². The Labute approximate surface area is 180 Å². The van der Waals surface area contributed by atoms with Gasteiger partial charge in [-0.25, -0.2) is 13.1 Å². The SMILES string of the molecule is O=S(=O)(NC1CCC(Nc2ccnc3cc(Cl)ccc23)CC1)c1cccc(Cl)c1. The number of halogens is 2. The summed E-state index contributed by atoms with van der Waals surface area (Å²) in [6.45, 7) is 0. The third kappa shape index (κ3) is 4.83. The summed E-state index contributed by atoms with van der Waals surface area (Å²) in [6.07, 6.45) is 5.06. The van der Waals surface area contributed by atoms with Gasteiger partial charge < -0.3 is 5.32 Å². The van der Waals surface area contributed by atoms with Crippen molar-refractivity contribution in [3.05, 3.63) is 64.8 Å². The Bertz CT molecular complexity index is 1130. The number of rotatable bonds is 5. The smallest absolute Gasteiger partial charge is 0.240 e. The number of anilines is 1. The summed E-state index contributed by atoms with van der Waals surface area (Å²) in [5.41, 5.74) is 1.88. The Morgan fingerprint density at radius 2 is 1.62 bits per heavy atom. The van der Waals surface area contributed by atoms with Crippen LogP contribution in [0.3, 0.4) is 0 Å². The van der Waals surface area contributed by atoms with Crippen LogP contribution in [0.1, 0.15) is 25.7 Å². The number of aromatic nitrogens is 1. The average Bonchev–Trinajstić information content (AvgIpc) is 2.69. The van der Waals surface area contributed by atoms with Crippen LogP contribution in [0.4, 0.5) is 5.69 Å². The first-order valence-corrected chi connectivity index (χ1v) is 11.7. The highest BCUT2D eigenvalue weighted by molar-refractivity contribution is 7.89. The summed E-state index contributed by atoms with van der Waals surface area (Å²) in [5.74, 6) is 0. The quantitative estimate of drug-likeness (QED) is 0.558. The van der Waals surface area contributed by atoms with E-state index in [-0.39, 0.29) is 17.0 Å². The van der Waals surface area contributed by atoms with Crippen LogP contribution >= 0.6 is 23.2 Å². The van der Waals surface area contributed by atoms with Crippen molar-refractivity contribution in [1.29, 1.82) is 0 Å². The lowest BCUT2D eigenvalue weighted by molar-refractivity contribution is 0.387. The average molecular weight is 450 g/mol. The minimum atomic E-state index is -3.57. The van der Waals surface area contributed by atoms with Gasteiger partial charge in [0.15, 0.2) is 0 Å². The number of hydrogen-bond acceptors (Lipinski definition) is 4. The van der Waals surface area contributed by atoms with E-state index in [0.29, 0.717) is 10.0 Å². The monoisotopic (exact) mass is 449 g/mol. The van der Waals surface area contributed by atoms with E-state index < -0.39 is 10.0 Å². The van der Waals surface area contributed by atoms with Crippen molar-refractivity contribution in [3.8, 4) is 0 Å². The molecule has 2 N–H and O–H groups in total. The maximum Gasteiger partial charge on any atom is 0.240 e. The van der Waals surface area contributed by atoms with Crippen LogP contribution in [0.2, 0.25) is 10.0 Å². The maximum atomic E-state index is 12.6. The first-order valence-electron chi connectivity index (χ1n) is 9.49. The number of pyridine rings is 1. The van der Waals surface area contributed by atoms with Crippen LogP contribution in [0.15, 0.2) is 59.6 Å². The molecule has 2 aromatic carbocycles. The molecule has 0 aliphatic heterocycles. The molecule has 1 fully saturated rings. The number of nitrogens with one attached hydrogen (secondary N) is 2. The molecule has 8 heteroatoms. The fraction of sp³-hybridized carbons (Fsp3) is 0.286. The Morgan fingerprint density at radius 3 is 2.38 bits per heavy atom. The summed E-state index contributed by atoms with van der Waals surface area (Å²) < 4.78 is 28.0. The third-order valence-electron chi connectivity index (χ3n) is 5.22. The molecule has 5 nitrogen and oxygen atoms in total. The fourth-order valence-electron chi connectivity index (χ4n) is 3.74. The van der Waals surface area contributed by atoms with Crippen molar-refractivity contribution < 1.29 is 8.42 Å². The molecule has 0 radical (unpaired) electrons. The van der Waals surface area contributed by atoms with E-state index in [9.17, 15) is 8.42 Å². The van der Waals surface area contributed by atoms with E-state index in [1.54, 1.807) is 24.4 Å². The molecule has 0 spiro atoms. The third-order valence-corrected chi connectivity index (χ3v) is 7.21. The van der Waals surface area contributed by atoms with Crippen LogP contribution in [0.5, 0.6) is 0 Å². The molecule has 1 aromatic heterocycles. The molecule has 152 valence electrons. The summed E-state index contributed by atoms with van der Waals surface area (Å²) in [7, 11) is -3.57. The zero-order valence-corrected chi connectivity index (χ0v) is 17.9. The van der Waals surface area contributed by atoms with Crippen molar-refractivity contribution in [1.82, 2.24) is 9.71 Å². The zero-order valence-electron chi connectivity index (χ0n) is 15.6. The van der Waals surface area contributed by atoms with E-state index in [1.807, 2.05) is 24.3 Å². The summed E-state index contributed by atoms with van der Waals surface area (Å²) >= 11 is 12.0. The Hall–Kier alpha value is -1.86. The van der Waals surface area contributed by atoms with Crippen LogP contribution in [0, 0.1) is 0 Å². The predicted octanol–water partition coefficient (Wildman–Crippen LogP) is 5.24. The van der Waals surface area contributed by atoms with Gasteiger partial charge in [0, 0.05) is 39.4 Å². The highest BCUT2D eigenvalue weighted by Crippen LogP contribution is 2.28. The molecule has 0 amide bonds. The number of fused-ring (bicyclic) bond motifs is 1. The second-order valence-electron chi connectivity index (χ2n) is 7.29. The first-order chi connectivity index (χ1) is 13.9. The topological polar surface area (TPSA) is 71.1 Å². The lowest BCUT2D eigenvalue weighted by Crippen LogP contribution is -2.40. The van der Waals surface area contributed by atoms with Gasteiger partial charge >= 0.3 is 0 Å². The second-order valence-corrected chi connectivity index (χ2v) is 9.88.